The van der Waals surface area contributed by atoms with Crippen LogP contribution in [0.15, 0.2) is 31.2 Å². The fraction of sp³-hybridized carbons (Fsp3) is 0.143. The first kappa shape index (κ1) is 8.70. The van der Waals surface area contributed by atoms with E-state index >= 15 is 0 Å². The Kier molecular flexibility index (Phi) is 3.35. The van der Waals surface area contributed by atoms with Gasteiger partial charge in [-0.1, -0.05) is 6.08 Å². The van der Waals surface area contributed by atoms with Crippen LogP contribution in [0, 0.1) is 0 Å². The molecular weight excluding hydrogens is 357 g/mol. The summed E-state index contributed by atoms with van der Waals surface area (Å²) in [4.78, 5) is 0. The van der Waals surface area contributed by atoms with Crippen LogP contribution < -0.4 is 0 Å². The molecule has 0 spiro atoms. The van der Waals surface area contributed by atoms with Gasteiger partial charge in [0.05, 0.1) is 0 Å². The van der Waals surface area contributed by atoms with Gasteiger partial charge in [0.25, 0.3) is 0 Å². The standard InChI is InChI=1S/C7H5FI2/c8-6-3-1-5(9)2-4-7(6)10/h2-4H,1H2. The van der Waals surface area contributed by atoms with Gasteiger partial charge in [0.15, 0.2) is 0 Å². The van der Waals surface area contributed by atoms with Crippen LogP contribution in [-0.2, 0) is 0 Å². The quantitative estimate of drug-likeness (QED) is 0.574. The molecule has 0 bridgehead atoms. The van der Waals surface area contributed by atoms with Crippen molar-refractivity contribution < 1.29 is 4.39 Å². The monoisotopic (exact) mass is 362 g/mol. The molecule has 0 unspecified atom stereocenters. The first-order chi connectivity index (χ1) is 4.70. The number of hydrogen-bond acceptors (Lipinski definition) is 0. The molecule has 0 fully saturated rings. The van der Waals surface area contributed by atoms with Crippen molar-refractivity contribution >= 4 is 45.2 Å². The van der Waals surface area contributed by atoms with Crippen LogP contribution in [0.1, 0.15) is 6.42 Å². The molecule has 0 saturated carbocycles. The summed E-state index contributed by atoms with van der Waals surface area (Å²) < 4.78 is 14.6. The molecule has 0 atom stereocenters. The lowest BCUT2D eigenvalue weighted by Crippen LogP contribution is -1.68. The van der Waals surface area contributed by atoms with E-state index in [-0.39, 0.29) is 5.83 Å². The Hall–Kier alpha value is 0.610. The van der Waals surface area contributed by atoms with Crippen LogP contribution in [0.2, 0.25) is 0 Å². The molecule has 1 aliphatic carbocycles. The first-order valence-corrected chi connectivity index (χ1v) is 4.94. The van der Waals surface area contributed by atoms with Crippen LogP contribution in [0.5, 0.6) is 0 Å². The van der Waals surface area contributed by atoms with Crippen molar-refractivity contribution in [1.82, 2.24) is 0 Å². The zero-order valence-electron chi connectivity index (χ0n) is 5.07. The van der Waals surface area contributed by atoms with Crippen LogP contribution >= 0.6 is 45.2 Å². The van der Waals surface area contributed by atoms with E-state index < -0.39 is 0 Å². The maximum absolute atomic E-state index is 12.8. The maximum atomic E-state index is 12.8. The average molecular weight is 362 g/mol. The Labute approximate surface area is 86.5 Å². The van der Waals surface area contributed by atoms with Gasteiger partial charge < -0.3 is 0 Å². The van der Waals surface area contributed by atoms with Gasteiger partial charge in [0.2, 0.25) is 0 Å². The Morgan fingerprint density at radius 1 is 1.30 bits per heavy atom. The third-order valence-corrected chi connectivity index (χ3v) is 2.79. The fourth-order valence-corrected chi connectivity index (χ4v) is 1.40. The molecule has 54 valence electrons. The van der Waals surface area contributed by atoms with Gasteiger partial charge in [-0.05, 0) is 67.3 Å². The zero-order chi connectivity index (χ0) is 7.56. The SMILES string of the molecule is FC1=CCC(I)=CC=C1I. The molecule has 0 heterocycles. The van der Waals surface area contributed by atoms with Crippen LogP contribution in [0.4, 0.5) is 4.39 Å². The Bertz CT molecular complexity index is 226. The molecule has 1 aliphatic rings. The number of halogens is 3. The highest BCUT2D eigenvalue weighted by molar-refractivity contribution is 14.1. The van der Waals surface area contributed by atoms with Crippen molar-refractivity contribution in [1.29, 1.82) is 0 Å². The van der Waals surface area contributed by atoms with Crippen molar-refractivity contribution in [2.75, 3.05) is 0 Å². The number of allylic oxidation sites excluding steroid dienone is 6. The number of hydrogen-bond donors (Lipinski definition) is 0. The minimum absolute atomic E-state index is 0.108. The molecule has 0 aromatic heterocycles. The molecular formula is C7H5FI2. The summed E-state index contributed by atoms with van der Waals surface area (Å²) in [6.07, 6.45) is 6.05. The fourth-order valence-electron chi connectivity index (χ4n) is 0.596. The summed E-state index contributed by atoms with van der Waals surface area (Å²) in [7, 11) is 0. The Morgan fingerprint density at radius 3 is 2.70 bits per heavy atom. The van der Waals surface area contributed by atoms with Crippen molar-refractivity contribution in [2.45, 2.75) is 6.42 Å². The lowest BCUT2D eigenvalue weighted by molar-refractivity contribution is 0.661. The normalized spacial score (nSPS) is 18.9. The molecule has 0 radical (unpaired) electrons. The first-order valence-electron chi connectivity index (χ1n) is 2.78. The van der Waals surface area contributed by atoms with E-state index in [2.05, 4.69) is 22.6 Å². The zero-order valence-corrected chi connectivity index (χ0v) is 9.39. The maximum Gasteiger partial charge on any atom is 0.132 e. The lowest BCUT2D eigenvalue weighted by Gasteiger charge is -1.88. The van der Waals surface area contributed by atoms with Crippen LogP contribution in [-0.4, -0.2) is 0 Å². The summed E-state index contributed by atoms with van der Waals surface area (Å²) in [5.41, 5.74) is 0. The molecule has 10 heavy (non-hydrogen) atoms. The second-order valence-corrected chi connectivity index (χ2v) is 4.43. The van der Waals surface area contributed by atoms with Gasteiger partial charge in [-0.15, -0.1) is 0 Å². The van der Waals surface area contributed by atoms with Crippen molar-refractivity contribution in [3.63, 3.8) is 0 Å². The Morgan fingerprint density at radius 2 is 2.00 bits per heavy atom. The van der Waals surface area contributed by atoms with E-state index in [4.69, 9.17) is 0 Å². The van der Waals surface area contributed by atoms with Crippen LogP contribution in [0.25, 0.3) is 0 Å². The third-order valence-electron chi connectivity index (χ3n) is 1.11. The second-order valence-electron chi connectivity index (χ2n) is 1.88. The van der Waals surface area contributed by atoms with Crippen molar-refractivity contribution in [2.24, 2.45) is 0 Å². The molecule has 0 nitrogen and oxygen atoms in total. The highest BCUT2D eigenvalue weighted by atomic mass is 127. The van der Waals surface area contributed by atoms with Gasteiger partial charge in [0, 0.05) is 3.58 Å². The van der Waals surface area contributed by atoms with Crippen molar-refractivity contribution in [3.05, 3.63) is 31.2 Å². The molecule has 0 saturated heterocycles. The summed E-state index contributed by atoms with van der Waals surface area (Å²) in [5.74, 6) is -0.108. The van der Waals surface area contributed by atoms with E-state index in [1.807, 2.05) is 28.7 Å². The van der Waals surface area contributed by atoms with Crippen LogP contribution in [0.3, 0.4) is 0 Å². The predicted molar refractivity (Wildman–Crippen MR) is 58.0 cm³/mol. The van der Waals surface area contributed by atoms with E-state index in [1.165, 1.54) is 3.58 Å². The van der Waals surface area contributed by atoms with Gasteiger partial charge in [-0.3, -0.25) is 0 Å². The summed E-state index contributed by atoms with van der Waals surface area (Å²) >= 11 is 4.19. The Balaban J connectivity index is 2.90. The molecule has 0 N–H and O–H groups in total. The van der Waals surface area contributed by atoms with Crippen molar-refractivity contribution in [3.8, 4) is 0 Å². The highest BCUT2D eigenvalue weighted by Crippen LogP contribution is 2.26. The van der Waals surface area contributed by atoms with E-state index in [0.717, 1.165) is 6.42 Å². The summed E-state index contributed by atoms with van der Waals surface area (Å²) in [6, 6.07) is 0. The molecule has 3 heteroatoms. The number of rotatable bonds is 0. The van der Waals surface area contributed by atoms with E-state index in [1.54, 1.807) is 12.2 Å². The summed E-state index contributed by atoms with van der Waals surface area (Å²) in [5, 5.41) is 0. The lowest BCUT2D eigenvalue weighted by atomic mass is 10.4. The largest absolute Gasteiger partial charge is 0.206 e. The highest BCUT2D eigenvalue weighted by Gasteiger charge is 2.02. The van der Waals surface area contributed by atoms with Gasteiger partial charge >= 0.3 is 0 Å². The van der Waals surface area contributed by atoms with E-state index in [9.17, 15) is 4.39 Å². The molecule has 1 rings (SSSR count). The predicted octanol–water partition coefficient (Wildman–Crippen LogP) is 3.88. The molecule has 0 aromatic rings. The van der Waals surface area contributed by atoms with Gasteiger partial charge in [0.1, 0.15) is 5.83 Å². The smallest absolute Gasteiger partial charge is 0.132 e. The minimum atomic E-state index is -0.108. The second kappa shape index (κ2) is 3.85. The van der Waals surface area contributed by atoms with E-state index in [0.29, 0.717) is 3.58 Å². The third kappa shape index (κ3) is 2.34. The molecule has 0 aromatic carbocycles. The molecule has 0 amide bonds. The summed E-state index contributed by atoms with van der Waals surface area (Å²) in [6.45, 7) is 0. The van der Waals surface area contributed by atoms with Gasteiger partial charge in [-0.2, -0.15) is 0 Å². The van der Waals surface area contributed by atoms with Gasteiger partial charge in [-0.25, -0.2) is 4.39 Å². The topological polar surface area (TPSA) is 0 Å². The molecule has 0 aliphatic heterocycles. The average Bonchev–Trinajstić information content (AvgIpc) is 2.04. The minimum Gasteiger partial charge on any atom is -0.206 e.